The van der Waals surface area contributed by atoms with E-state index in [9.17, 15) is 0 Å². The summed E-state index contributed by atoms with van der Waals surface area (Å²) in [4.78, 5) is 0. The summed E-state index contributed by atoms with van der Waals surface area (Å²) in [5, 5.41) is 0. The van der Waals surface area contributed by atoms with Crippen molar-refractivity contribution in [2.75, 3.05) is 13.2 Å². The van der Waals surface area contributed by atoms with Crippen LogP contribution in [0.2, 0.25) is 0 Å². The number of hydrogen-bond acceptors (Lipinski definition) is 4. The van der Waals surface area contributed by atoms with E-state index in [2.05, 4.69) is 0 Å². The molecule has 1 aliphatic carbocycles. The Bertz CT molecular complexity index is 455. The lowest BCUT2D eigenvalue weighted by Crippen LogP contribution is -2.36. The highest BCUT2D eigenvalue weighted by molar-refractivity contribution is 5.49. The highest BCUT2D eigenvalue weighted by atomic mass is 16.6. The third-order valence-corrected chi connectivity index (χ3v) is 3.71. The molecular formula is C13H18N2O2. The average molecular weight is 234 g/mol. The van der Waals surface area contributed by atoms with Crippen molar-refractivity contribution in [2.45, 2.75) is 31.3 Å². The van der Waals surface area contributed by atoms with Gasteiger partial charge in [-0.25, -0.2) is 0 Å². The smallest absolute Gasteiger partial charge is 0.161 e. The molecule has 17 heavy (non-hydrogen) atoms. The van der Waals surface area contributed by atoms with Crippen LogP contribution in [0.3, 0.4) is 0 Å². The van der Waals surface area contributed by atoms with Gasteiger partial charge >= 0.3 is 0 Å². The maximum absolute atomic E-state index is 6.25. The second kappa shape index (κ2) is 3.62. The fourth-order valence-corrected chi connectivity index (χ4v) is 2.31. The summed E-state index contributed by atoms with van der Waals surface area (Å²) >= 11 is 0. The van der Waals surface area contributed by atoms with Crippen molar-refractivity contribution in [3.63, 3.8) is 0 Å². The zero-order valence-electron chi connectivity index (χ0n) is 10.0. The van der Waals surface area contributed by atoms with Gasteiger partial charge in [0, 0.05) is 11.6 Å². The molecule has 1 saturated carbocycles. The molecule has 0 amide bonds. The van der Waals surface area contributed by atoms with Gasteiger partial charge in [0.2, 0.25) is 0 Å². The molecule has 4 heteroatoms. The third-order valence-electron chi connectivity index (χ3n) is 3.71. The van der Waals surface area contributed by atoms with E-state index in [-0.39, 0.29) is 11.6 Å². The largest absolute Gasteiger partial charge is 0.486 e. The Morgan fingerprint density at radius 2 is 1.76 bits per heavy atom. The van der Waals surface area contributed by atoms with Crippen molar-refractivity contribution < 1.29 is 9.47 Å². The minimum Gasteiger partial charge on any atom is -0.486 e. The zero-order chi connectivity index (χ0) is 12.0. The normalized spacial score (nSPS) is 22.1. The molecule has 4 N–H and O–H groups in total. The van der Waals surface area contributed by atoms with Gasteiger partial charge in [-0.3, -0.25) is 0 Å². The second-order valence-electron chi connectivity index (χ2n) is 5.06. The fraction of sp³-hybridized carbons (Fsp3) is 0.538. The number of rotatable bonds is 2. The molecule has 1 fully saturated rings. The molecular weight excluding hydrogens is 216 g/mol. The van der Waals surface area contributed by atoms with Crippen LogP contribution in [-0.2, 0) is 0 Å². The molecule has 1 atom stereocenters. The zero-order valence-corrected chi connectivity index (χ0v) is 10.0. The number of ether oxygens (including phenoxy) is 2. The molecule has 1 aromatic carbocycles. The van der Waals surface area contributed by atoms with E-state index in [1.54, 1.807) is 0 Å². The average Bonchev–Trinajstić information content (AvgIpc) is 3.07. The number of benzene rings is 1. The molecule has 2 aliphatic rings. The maximum Gasteiger partial charge on any atom is 0.161 e. The lowest BCUT2D eigenvalue weighted by molar-refractivity contribution is 0.171. The molecule has 0 aromatic heterocycles. The Kier molecular flexibility index (Phi) is 2.31. The molecule has 1 aliphatic heterocycles. The molecule has 1 unspecified atom stereocenters. The first-order valence-corrected chi connectivity index (χ1v) is 6.05. The number of aryl methyl sites for hydroxylation is 1. The van der Waals surface area contributed by atoms with Crippen molar-refractivity contribution in [2.24, 2.45) is 11.5 Å². The second-order valence-corrected chi connectivity index (χ2v) is 5.06. The standard InChI is InChI=1S/C13H18N2O2/c1-8-6-10-11(17-5-4-16-10)7-9(8)12(14)13(15)2-3-13/h6-7,12H,2-5,14-15H2,1H3. The summed E-state index contributed by atoms with van der Waals surface area (Å²) in [6.07, 6.45) is 2.00. The third kappa shape index (κ3) is 1.77. The highest BCUT2D eigenvalue weighted by Crippen LogP contribution is 2.45. The fourth-order valence-electron chi connectivity index (χ4n) is 2.31. The van der Waals surface area contributed by atoms with Crippen LogP contribution >= 0.6 is 0 Å². The van der Waals surface area contributed by atoms with Crippen molar-refractivity contribution in [1.29, 1.82) is 0 Å². The highest BCUT2D eigenvalue weighted by Gasteiger charge is 2.45. The summed E-state index contributed by atoms with van der Waals surface area (Å²) in [6, 6.07) is 3.87. The minimum absolute atomic E-state index is 0.113. The maximum atomic E-state index is 6.25. The van der Waals surface area contributed by atoms with E-state index in [0.717, 1.165) is 35.5 Å². The SMILES string of the molecule is Cc1cc2c(cc1C(N)C1(N)CC1)OCCO2. The van der Waals surface area contributed by atoms with Gasteiger partial charge < -0.3 is 20.9 Å². The number of nitrogens with two attached hydrogens (primary N) is 2. The quantitative estimate of drug-likeness (QED) is 0.808. The van der Waals surface area contributed by atoms with Crippen LogP contribution in [-0.4, -0.2) is 18.8 Å². The number of hydrogen-bond donors (Lipinski definition) is 2. The van der Waals surface area contributed by atoms with E-state index < -0.39 is 0 Å². The van der Waals surface area contributed by atoms with Gasteiger partial charge in [-0.2, -0.15) is 0 Å². The van der Waals surface area contributed by atoms with Gasteiger partial charge in [-0.1, -0.05) is 0 Å². The van der Waals surface area contributed by atoms with Crippen molar-refractivity contribution >= 4 is 0 Å². The van der Waals surface area contributed by atoms with Crippen LogP contribution in [0.25, 0.3) is 0 Å². The van der Waals surface area contributed by atoms with E-state index in [0.29, 0.717) is 13.2 Å². The van der Waals surface area contributed by atoms with Crippen LogP contribution < -0.4 is 20.9 Å². The Labute approximate surface area is 101 Å². The molecule has 4 nitrogen and oxygen atoms in total. The van der Waals surface area contributed by atoms with Crippen molar-refractivity contribution in [1.82, 2.24) is 0 Å². The van der Waals surface area contributed by atoms with Crippen LogP contribution in [0.5, 0.6) is 11.5 Å². The Hall–Kier alpha value is -1.26. The monoisotopic (exact) mass is 234 g/mol. The Morgan fingerprint density at radius 1 is 1.18 bits per heavy atom. The van der Waals surface area contributed by atoms with Crippen molar-refractivity contribution in [3.05, 3.63) is 23.3 Å². The molecule has 1 aromatic rings. The van der Waals surface area contributed by atoms with E-state index in [1.165, 1.54) is 0 Å². The topological polar surface area (TPSA) is 70.5 Å². The van der Waals surface area contributed by atoms with Gasteiger partial charge in [0.05, 0.1) is 0 Å². The summed E-state index contributed by atoms with van der Waals surface area (Å²) in [7, 11) is 0. The summed E-state index contributed by atoms with van der Waals surface area (Å²) < 4.78 is 11.1. The first-order valence-electron chi connectivity index (χ1n) is 6.05. The van der Waals surface area contributed by atoms with Crippen LogP contribution in [0.15, 0.2) is 12.1 Å². The van der Waals surface area contributed by atoms with Crippen LogP contribution in [0, 0.1) is 6.92 Å². The number of fused-ring (bicyclic) bond motifs is 1. The summed E-state index contributed by atoms with van der Waals surface area (Å²) in [5.74, 6) is 1.60. The van der Waals surface area contributed by atoms with Gasteiger partial charge in [0.25, 0.3) is 0 Å². The summed E-state index contributed by atoms with van der Waals surface area (Å²) in [5.41, 5.74) is 14.4. The molecule has 0 radical (unpaired) electrons. The first-order chi connectivity index (χ1) is 8.10. The van der Waals surface area contributed by atoms with Crippen LogP contribution in [0.1, 0.15) is 30.0 Å². The van der Waals surface area contributed by atoms with E-state index in [1.807, 2.05) is 19.1 Å². The van der Waals surface area contributed by atoms with Gasteiger partial charge in [0.1, 0.15) is 13.2 Å². The molecule has 3 rings (SSSR count). The molecule has 92 valence electrons. The van der Waals surface area contributed by atoms with Gasteiger partial charge in [0.15, 0.2) is 11.5 Å². The van der Waals surface area contributed by atoms with E-state index >= 15 is 0 Å². The van der Waals surface area contributed by atoms with Crippen LogP contribution in [0.4, 0.5) is 0 Å². The molecule has 0 bridgehead atoms. The lowest BCUT2D eigenvalue weighted by Gasteiger charge is -2.25. The Balaban J connectivity index is 1.99. The predicted octanol–water partition coefficient (Wildman–Crippen LogP) is 1.26. The lowest BCUT2D eigenvalue weighted by atomic mass is 9.94. The molecule has 1 heterocycles. The molecule has 0 spiro atoms. The van der Waals surface area contributed by atoms with E-state index in [4.69, 9.17) is 20.9 Å². The molecule has 0 saturated heterocycles. The van der Waals surface area contributed by atoms with Gasteiger partial charge in [-0.15, -0.1) is 0 Å². The van der Waals surface area contributed by atoms with Crippen molar-refractivity contribution in [3.8, 4) is 11.5 Å². The first kappa shape index (κ1) is 10.9. The predicted molar refractivity (Wildman–Crippen MR) is 65.2 cm³/mol. The summed E-state index contributed by atoms with van der Waals surface area (Å²) in [6.45, 7) is 3.25. The van der Waals surface area contributed by atoms with Gasteiger partial charge in [-0.05, 0) is 43.0 Å². The minimum atomic E-state index is -0.214. The Morgan fingerprint density at radius 3 is 2.35 bits per heavy atom.